The van der Waals surface area contributed by atoms with E-state index in [9.17, 15) is 4.79 Å². The van der Waals surface area contributed by atoms with Crippen molar-refractivity contribution in [2.45, 2.75) is 79.8 Å². The van der Waals surface area contributed by atoms with Crippen LogP contribution >= 0.6 is 0 Å². The van der Waals surface area contributed by atoms with E-state index in [1.807, 2.05) is 20.5 Å². The van der Waals surface area contributed by atoms with Gasteiger partial charge in [-0.05, 0) is 51.5 Å². The Labute approximate surface area is 144 Å². The van der Waals surface area contributed by atoms with Crippen molar-refractivity contribution in [2.24, 2.45) is 5.92 Å². The Morgan fingerprint density at radius 1 is 1.26 bits per heavy atom. The average molecular weight is 320 g/mol. The lowest BCUT2D eigenvalue weighted by Gasteiger charge is -2.28. The molecule has 0 aliphatic rings. The topological polar surface area (TPSA) is 38.3 Å². The Balaban J connectivity index is 4.57. The summed E-state index contributed by atoms with van der Waals surface area (Å²) in [6, 6.07) is 0. The number of carbonyl (C=O) groups excluding carboxylic acids is 1. The first-order valence-electron chi connectivity index (χ1n) is 8.88. The van der Waals surface area contributed by atoms with Gasteiger partial charge in [0, 0.05) is 18.2 Å². The van der Waals surface area contributed by atoms with Crippen LogP contribution in [0.25, 0.3) is 0 Å². The van der Waals surface area contributed by atoms with Crippen molar-refractivity contribution in [3.63, 3.8) is 0 Å². The number of allylic oxidation sites excluding steroid dienone is 3. The molecule has 0 spiro atoms. The molecule has 1 N–H and O–H groups in total. The van der Waals surface area contributed by atoms with Crippen molar-refractivity contribution in [3.05, 3.63) is 23.2 Å². The van der Waals surface area contributed by atoms with Gasteiger partial charge < -0.3 is 9.97 Å². The lowest BCUT2D eigenvalue weighted by molar-refractivity contribution is -0.116. The Hall–Kier alpha value is -1.03. The highest BCUT2D eigenvalue weighted by molar-refractivity contribution is 6.38. The van der Waals surface area contributed by atoms with Gasteiger partial charge in [-0.3, -0.25) is 4.79 Å². The van der Waals surface area contributed by atoms with Crippen LogP contribution < -0.4 is 5.32 Å². The maximum Gasteiger partial charge on any atom is 0.326 e. The molecule has 131 valence electrons. The summed E-state index contributed by atoms with van der Waals surface area (Å²) in [4.78, 5) is 11.8. The van der Waals surface area contributed by atoms with Crippen LogP contribution in [0.1, 0.15) is 74.1 Å². The monoisotopic (exact) mass is 320 g/mol. The van der Waals surface area contributed by atoms with E-state index in [1.54, 1.807) is 6.08 Å². The summed E-state index contributed by atoms with van der Waals surface area (Å²) < 4.78 is 5.96. The fourth-order valence-electron chi connectivity index (χ4n) is 2.47. The van der Waals surface area contributed by atoms with E-state index < -0.39 is 0 Å². The van der Waals surface area contributed by atoms with E-state index in [2.05, 4.69) is 46.9 Å². The summed E-state index contributed by atoms with van der Waals surface area (Å²) in [6.45, 7) is 15.5. The zero-order valence-corrected chi connectivity index (χ0v) is 16.2. The van der Waals surface area contributed by atoms with E-state index in [-0.39, 0.29) is 11.5 Å². The highest BCUT2D eigenvalue weighted by Crippen LogP contribution is 2.20. The van der Waals surface area contributed by atoms with Crippen LogP contribution in [-0.2, 0) is 9.45 Å². The SMILES string of the molecule is CCCCNC(=O)C=C(C)C=C([B]OC(C)(C)CC(C)C)CC. The fraction of sp³-hybridized carbons (Fsp3) is 0.737. The third kappa shape index (κ3) is 12.1. The minimum atomic E-state index is -0.169. The van der Waals surface area contributed by atoms with E-state index in [4.69, 9.17) is 4.65 Å². The van der Waals surface area contributed by atoms with Crippen LogP contribution in [0.4, 0.5) is 0 Å². The lowest BCUT2D eigenvalue weighted by Crippen LogP contribution is -2.29. The third-order valence-corrected chi connectivity index (χ3v) is 3.44. The Morgan fingerprint density at radius 3 is 2.43 bits per heavy atom. The molecule has 0 aromatic heterocycles. The van der Waals surface area contributed by atoms with E-state index in [0.717, 1.165) is 43.3 Å². The van der Waals surface area contributed by atoms with Gasteiger partial charge in [-0.2, -0.15) is 0 Å². The predicted octanol–water partition coefficient (Wildman–Crippen LogP) is 4.60. The molecular weight excluding hydrogens is 285 g/mol. The van der Waals surface area contributed by atoms with Crippen molar-refractivity contribution in [1.82, 2.24) is 5.32 Å². The molecule has 1 amide bonds. The van der Waals surface area contributed by atoms with E-state index in [1.165, 1.54) is 0 Å². The van der Waals surface area contributed by atoms with Gasteiger partial charge in [-0.15, -0.1) is 0 Å². The summed E-state index contributed by atoms with van der Waals surface area (Å²) in [5, 5.41) is 2.90. The molecule has 0 atom stereocenters. The molecule has 0 saturated heterocycles. The molecule has 0 saturated carbocycles. The molecule has 0 bridgehead atoms. The molecular formula is C19H35BNO2. The second-order valence-corrected chi connectivity index (χ2v) is 7.20. The first-order chi connectivity index (χ1) is 10.7. The van der Waals surface area contributed by atoms with Crippen molar-refractivity contribution in [3.8, 4) is 0 Å². The van der Waals surface area contributed by atoms with Crippen molar-refractivity contribution in [1.29, 1.82) is 0 Å². The zero-order valence-electron chi connectivity index (χ0n) is 16.2. The molecule has 23 heavy (non-hydrogen) atoms. The summed E-state index contributed by atoms with van der Waals surface area (Å²) in [5.41, 5.74) is 1.87. The van der Waals surface area contributed by atoms with Crippen LogP contribution in [0.5, 0.6) is 0 Å². The minimum absolute atomic E-state index is 0.0243. The molecule has 0 aliphatic heterocycles. The molecule has 3 nitrogen and oxygen atoms in total. The highest BCUT2D eigenvalue weighted by atomic mass is 16.5. The molecule has 0 aliphatic carbocycles. The van der Waals surface area contributed by atoms with Crippen molar-refractivity contribution >= 4 is 13.4 Å². The number of hydrogen-bond acceptors (Lipinski definition) is 2. The van der Waals surface area contributed by atoms with Crippen LogP contribution in [0.15, 0.2) is 23.2 Å². The second kappa shape index (κ2) is 11.5. The van der Waals surface area contributed by atoms with E-state index >= 15 is 0 Å². The number of rotatable bonds is 11. The van der Waals surface area contributed by atoms with Crippen molar-refractivity contribution < 1.29 is 9.45 Å². The van der Waals surface area contributed by atoms with Crippen LogP contribution in [0, 0.1) is 5.92 Å². The second-order valence-electron chi connectivity index (χ2n) is 7.20. The molecule has 1 radical (unpaired) electrons. The lowest BCUT2D eigenvalue weighted by atomic mass is 9.81. The normalized spacial score (nSPS) is 13.4. The molecule has 0 rings (SSSR count). The van der Waals surface area contributed by atoms with Crippen LogP contribution in [0.3, 0.4) is 0 Å². The molecule has 0 aromatic rings. The molecule has 0 aromatic carbocycles. The molecule has 0 unspecified atom stereocenters. The Morgan fingerprint density at radius 2 is 1.91 bits per heavy atom. The van der Waals surface area contributed by atoms with Gasteiger partial charge in [-0.1, -0.05) is 45.7 Å². The van der Waals surface area contributed by atoms with Gasteiger partial charge in [0.25, 0.3) is 0 Å². The number of amides is 1. The first kappa shape index (κ1) is 22.0. The zero-order chi connectivity index (χ0) is 17.9. The number of carbonyl (C=O) groups is 1. The maximum absolute atomic E-state index is 11.8. The minimum Gasteiger partial charge on any atom is -0.430 e. The summed E-state index contributed by atoms with van der Waals surface area (Å²) in [6.07, 6.45) is 7.65. The molecule has 4 heteroatoms. The largest absolute Gasteiger partial charge is 0.430 e. The first-order valence-corrected chi connectivity index (χ1v) is 8.88. The van der Waals surface area contributed by atoms with Crippen LogP contribution in [0.2, 0.25) is 0 Å². The van der Waals surface area contributed by atoms with Gasteiger partial charge in [0.1, 0.15) is 0 Å². The van der Waals surface area contributed by atoms with E-state index in [0.29, 0.717) is 5.92 Å². The Kier molecular flexibility index (Phi) is 11.0. The molecule has 0 heterocycles. The maximum atomic E-state index is 11.8. The van der Waals surface area contributed by atoms with Gasteiger partial charge in [0.15, 0.2) is 0 Å². The quantitative estimate of drug-likeness (QED) is 0.261. The standard InChI is InChI=1S/C19H35BNO2/c1-8-10-11-21-18(22)13-16(5)12-17(9-2)20-23-19(6,7)14-15(3)4/h12-13,15H,8-11,14H2,1-7H3,(H,21,22). The summed E-state index contributed by atoms with van der Waals surface area (Å²) in [5.74, 6) is 0.574. The van der Waals surface area contributed by atoms with Gasteiger partial charge in [-0.25, -0.2) is 0 Å². The molecule has 0 fully saturated rings. The van der Waals surface area contributed by atoms with Gasteiger partial charge >= 0.3 is 7.48 Å². The highest BCUT2D eigenvalue weighted by Gasteiger charge is 2.20. The van der Waals surface area contributed by atoms with Crippen molar-refractivity contribution in [2.75, 3.05) is 6.54 Å². The number of nitrogens with one attached hydrogen (secondary N) is 1. The van der Waals surface area contributed by atoms with Gasteiger partial charge in [0.2, 0.25) is 5.91 Å². The van der Waals surface area contributed by atoms with Crippen LogP contribution in [-0.4, -0.2) is 25.5 Å². The smallest absolute Gasteiger partial charge is 0.326 e. The third-order valence-electron chi connectivity index (χ3n) is 3.44. The van der Waals surface area contributed by atoms with Gasteiger partial charge in [0.05, 0.1) is 0 Å². The summed E-state index contributed by atoms with van der Waals surface area (Å²) in [7, 11) is 1.84. The number of hydrogen-bond donors (Lipinski definition) is 1. The Bertz CT molecular complexity index is 412. The number of unbranched alkanes of at least 4 members (excludes halogenated alkanes) is 1. The summed E-state index contributed by atoms with van der Waals surface area (Å²) >= 11 is 0. The average Bonchev–Trinajstić information content (AvgIpc) is 2.42. The fourth-order valence-corrected chi connectivity index (χ4v) is 2.47. The predicted molar refractivity (Wildman–Crippen MR) is 100 cm³/mol.